The molecule has 0 spiro atoms. The van der Waals surface area contributed by atoms with E-state index in [1.165, 1.54) is 47.4 Å². The van der Waals surface area contributed by atoms with Crippen LogP contribution in [-0.4, -0.2) is 33.9 Å². The number of rotatable bonds is 7. The normalized spacial score (nSPS) is 18.1. The van der Waals surface area contributed by atoms with E-state index in [0.29, 0.717) is 6.04 Å². The molecule has 1 aliphatic heterocycles. The van der Waals surface area contributed by atoms with Gasteiger partial charge in [-0.2, -0.15) is 16.9 Å². The Bertz CT molecular complexity index is 441. The zero-order valence-electron chi connectivity index (χ0n) is 13.5. The summed E-state index contributed by atoms with van der Waals surface area (Å²) < 4.78 is 3.23. The fourth-order valence-electron chi connectivity index (χ4n) is 3.11. The van der Waals surface area contributed by atoms with Crippen LogP contribution in [0.3, 0.4) is 0 Å². The van der Waals surface area contributed by atoms with Gasteiger partial charge in [-0.1, -0.05) is 6.92 Å². The molecule has 1 N–H and O–H groups in total. The smallest absolute Gasteiger partial charge is 0.0738 e. The molecule has 0 saturated carbocycles. The predicted octanol–water partition coefficient (Wildman–Crippen LogP) is 3.94. The molecule has 1 atom stereocenters. The van der Waals surface area contributed by atoms with Crippen LogP contribution >= 0.6 is 27.7 Å². The van der Waals surface area contributed by atoms with Crippen molar-refractivity contribution >= 4 is 27.7 Å². The van der Waals surface area contributed by atoms with Crippen LogP contribution < -0.4 is 5.32 Å². The Hall–Kier alpha value is -0.000000000000000111. The number of aryl methyl sites for hydroxylation is 2. The number of nitrogens with zero attached hydrogens (tertiary/aromatic N) is 2. The maximum Gasteiger partial charge on any atom is 0.0738 e. The summed E-state index contributed by atoms with van der Waals surface area (Å²) in [7, 11) is 2.06. The van der Waals surface area contributed by atoms with Crippen LogP contribution in [0.25, 0.3) is 0 Å². The highest BCUT2D eigenvalue weighted by molar-refractivity contribution is 9.10. The molecule has 0 radical (unpaired) electrons. The van der Waals surface area contributed by atoms with Gasteiger partial charge in [0.1, 0.15) is 0 Å². The second-order valence-electron chi connectivity index (χ2n) is 6.12. The topological polar surface area (TPSA) is 29.9 Å². The number of halogens is 1. The van der Waals surface area contributed by atoms with Crippen molar-refractivity contribution in [2.75, 3.05) is 18.1 Å². The fraction of sp³-hybridized carbons (Fsp3) is 0.812. The van der Waals surface area contributed by atoms with E-state index in [4.69, 9.17) is 0 Å². The van der Waals surface area contributed by atoms with E-state index in [9.17, 15) is 0 Å². The Morgan fingerprint density at radius 3 is 2.71 bits per heavy atom. The van der Waals surface area contributed by atoms with E-state index in [-0.39, 0.29) is 0 Å². The first-order chi connectivity index (χ1) is 10.1. The van der Waals surface area contributed by atoms with Gasteiger partial charge in [-0.3, -0.25) is 4.68 Å². The predicted molar refractivity (Wildman–Crippen MR) is 96.1 cm³/mol. The van der Waals surface area contributed by atoms with E-state index in [1.54, 1.807) is 0 Å². The molecule has 1 saturated heterocycles. The van der Waals surface area contributed by atoms with E-state index >= 15 is 0 Å². The first-order valence-electron chi connectivity index (χ1n) is 8.10. The molecule has 0 aromatic carbocycles. The van der Waals surface area contributed by atoms with Crippen LogP contribution in [0.4, 0.5) is 0 Å². The molecule has 0 aliphatic carbocycles. The summed E-state index contributed by atoms with van der Waals surface area (Å²) in [6.45, 7) is 5.42. The second kappa shape index (κ2) is 8.59. The number of aromatic nitrogens is 2. The van der Waals surface area contributed by atoms with Gasteiger partial charge < -0.3 is 5.32 Å². The highest BCUT2D eigenvalue weighted by atomic mass is 79.9. The molecule has 21 heavy (non-hydrogen) atoms. The Morgan fingerprint density at radius 2 is 2.14 bits per heavy atom. The van der Waals surface area contributed by atoms with Gasteiger partial charge >= 0.3 is 0 Å². The maximum atomic E-state index is 4.53. The largest absolute Gasteiger partial charge is 0.314 e. The lowest BCUT2D eigenvalue weighted by molar-refractivity contribution is 0.358. The van der Waals surface area contributed by atoms with Crippen molar-refractivity contribution in [2.24, 2.45) is 13.0 Å². The Balaban J connectivity index is 2.00. The molecule has 1 aromatic rings. The highest BCUT2D eigenvalue weighted by Gasteiger charge is 2.21. The van der Waals surface area contributed by atoms with Crippen LogP contribution in [-0.2, 0) is 13.5 Å². The molecule has 1 unspecified atom stereocenters. The lowest BCUT2D eigenvalue weighted by atomic mass is 9.92. The second-order valence-corrected chi connectivity index (χ2v) is 8.13. The molecule has 3 nitrogen and oxygen atoms in total. The van der Waals surface area contributed by atoms with Crippen LogP contribution in [0.1, 0.15) is 44.0 Å². The molecule has 2 heterocycles. The van der Waals surface area contributed by atoms with E-state index in [2.05, 4.69) is 59.0 Å². The van der Waals surface area contributed by atoms with Crippen molar-refractivity contribution in [3.63, 3.8) is 0 Å². The Kier molecular flexibility index (Phi) is 7.10. The van der Waals surface area contributed by atoms with Crippen LogP contribution in [0.2, 0.25) is 0 Å². The maximum absolute atomic E-state index is 4.53. The average molecular weight is 374 g/mol. The van der Waals surface area contributed by atoms with Gasteiger partial charge in [0.25, 0.3) is 0 Å². The summed E-state index contributed by atoms with van der Waals surface area (Å²) >= 11 is 5.82. The molecule has 1 fully saturated rings. The van der Waals surface area contributed by atoms with Gasteiger partial charge in [0, 0.05) is 19.5 Å². The van der Waals surface area contributed by atoms with E-state index in [1.807, 2.05) is 4.68 Å². The first-order valence-corrected chi connectivity index (χ1v) is 10.1. The van der Waals surface area contributed by atoms with Crippen LogP contribution in [0, 0.1) is 12.8 Å². The minimum absolute atomic E-state index is 0.573. The standard InChI is InChI=1S/C16H28BrN3S/c1-4-7-18-14(10-13-5-8-21-9-6-13)11-15-16(17)12(2)19-20(15)3/h13-14,18H,4-11H2,1-3H3. The lowest BCUT2D eigenvalue weighted by Crippen LogP contribution is -2.35. The number of thioether (sulfide) groups is 1. The van der Waals surface area contributed by atoms with Gasteiger partial charge in [-0.05, 0) is 72.5 Å². The molecule has 120 valence electrons. The van der Waals surface area contributed by atoms with Gasteiger partial charge in [0.05, 0.1) is 15.9 Å². The Morgan fingerprint density at radius 1 is 1.43 bits per heavy atom. The summed E-state index contributed by atoms with van der Waals surface area (Å²) in [5.74, 6) is 3.59. The van der Waals surface area contributed by atoms with E-state index in [0.717, 1.165) is 24.6 Å². The van der Waals surface area contributed by atoms with Gasteiger partial charge in [0.15, 0.2) is 0 Å². The molecule has 1 aliphatic rings. The zero-order valence-corrected chi connectivity index (χ0v) is 15.9. The fourth-order valence-corrected chi connectivity index (χ4v) is 4.81. The minimum Gasteiger partial charge on any atom is -0.314 e. The van der Waals surface area contributed by atoms with Crippen molar-refractivity contribution in [1.29, 1.82) is 0 Å². The summed E-state index contributed by atoms with van der Waals surface area (Å²) in [6, 6.07) is 0.573. The van der Waals surface area contributed by atoms with E-state index < -0.39 is 0 Å². The minimum atomic E-state index is 0.573. The summed E-state index contributed by atoms with van der Waals surface area (Å²) in [4.78, 5) is 0. The van der Waals surface area contributed by atoms with Crippen molar-refractivity contribution < 1.29 is 0 Å². The quantitative estimate of drug-likeness (QED) is 0.784. The molecule has 0 amide bonds. The molecular formula is C16H28BrN3S. The van der Waals surface area contributed by atoms with Crippen LogP contribution in [0.15, 0.2) is 4.47 Å². The third kappa shape index (κ3) is 5.00. The average Bonchev–Trinajstić information content (AvgIpc) is 2.72. The van der Waals surface area contributed by atoms with Gasteiger partial charge in [0.2, 0.25) is 0 Å². The number of nitrogens with one attached hydrogen (secondary N) is 1. The molecule has 2 rings (SSSR count). The molecule has 0 bridgehead atoms. The molecule has 5 heteroatoms. The van der Waals surface area contributed by atoms with Gasteiger partial charge in [-0.25, -0.2) is 0 Å². The van der Waals surface area contributed by atoms with Gasteiger partial charge in [-0.15, -0.1) is 0 Å². The first kappa shape index (κ1) is 17.4. The summed E-state index contributed by atoms with van der Waals surface area (Å²) in [5.41, 5.74) is 2.42. The summed E-state index contributed by atoms with van der Waals surface area (Å²) in [6.07, 6.45) is 6.35. The van der Waals surface area contributed by atoms with Crippen molar-refractivity contribution in [1.82, 2.24) is 15.1 Å². The monoisotopic (exact) mass is 373 g/mol. The zero-order chi connectivity index (χ0) is 15.2. The Labute approximate surface area is 141 Å². The van der Waals surface area contributed by atoms with Crippen molar-refractivity contribution in [3.05, 3.63) is 15.9 Å². The lowest BCUT2D eigenvalue weighted by Gasteiger charge is -2.27. The van der Waals surface area contributed by atoms with Crippen LogP contribution in [0.5, 0.6) is 0 Å². The summed E-state index contributed by atoms with van der Waals surface area (Å²) in [5, 5.41) is 8.29. The molecule has 1 aromatic heterocycles. The number of hydrogen-bond donors (Lipinski definition) is 1. The number of hydrogen-bond acceptors (Lipinski definition) is 3. The highest BCUT2D eigenvalue weighted by Crippen LogP contribution is 2.28. The van der Waals surface area contributed by atoms with Crippen molar-refractivity contribution in [2.45, 2.75) is 52.0 Å². The third-order valence-electron chi connectivity index (χ3n) is 4.34. The third-order valence-corrected chi connectivity index (χ3v) is 6.42. The van der Waals surface area contributed by atoms with Crippen molar-refractivity contribution in [3.8, 4) is 0 Å². The molecular weight excluding hydrogens is 346 g/mol. The SMILES string of the molecule is CCCNC(Cc1c(Br)c(C)nn1C)CC1CCSCC1.